The lowest BCUT2D eigenvalue weighted by Gasteiger charge is -2.16. The molecule has 0 radical (unpaired) electrons. The van der Waals surface area contributed by atoms with Crippen molar-refractivity contribution in [3.63, 3.8) is 0 Å². The van der Waals surface area contributed by atoms with E-state index in [1.807, 2.05) is 19.1 Å². The summed E-state index contributed by atoms with van der Waals surface area (Å²) in [6.07, 6.45) is -1.13. The summed E-state index contributed by atoms with van der Waals surface area (Å²) in [7, 11) is 0. The topological polar surface area (TPSA) is 52.6 Å². The molecule has 0 fully saturated rings. The zero-order valence-electron chi connectivity index (χ0n) is 12.2. The van der Waals surface area contributed by atoms with E-state index in [4.69, 9.17) is 21.1 Å². The lowest BCUT2D eigenvalue weighted by molar-refractivity contribution is -0.161. The van der Waals surface area contributed by atoms with E-state index in [-0.39, 0.29) is 5.75 Å². The predicted octanol–water partition coefficient (Wildman–Crippen LogP) is 3.86. The van der Waals surface area contributed by atoms with E-state index >= 15 is 0 Å². The van der Waals surface area contributed by atoms with Gasteiger partial charge in [0, 0.05) is 12.5 Å². The second kappa shape index (κ2) is 7.09. The van der Waals surface area contributed by atoms with Crippen molar-refractivity contribution in [2.24, 2.45) is 0 Å². The molecule has 1 unspecified atom stereocenters. The molecule has 22 heavy (non-hydrogen) atoms. The average Bonchev–Trinajstić information content (AvgIpc) is 2.48. The van der Waals surface area contributed by atoms with Gasteiger partial charge in [0.25, 0.3) is 0 Å². The fraction of sp³-hybridized carbons (Fsp3) is 0.176. The minimum absolute atomic E-state index is 0.221. The smallest absolute Gasteiger partial charge is 0.357 e. The molecule has 0 N–H and O–H groups in total. The first-order valence-electron chi connectivity index (χ1n) is 6.67. The number of halogens is 1. The molecule has 0 bridgehead atoms. The van der Waals surface area contributed by atoms with Crippen LogP contribution in [-0.4, -0.2) is 11.9 Å². The van der Waals surface area contributed by atoms with Crippen molar-refractivity contribution >= 4 is 23.5 Å². The minimum Gasteiger partial charge on any atom is -0.446 e. The van der Waals surface area contributed by atoms with Crippen molar-refractivity contribution in [1.82, 2.24) is 0 Å². The Morgan fingerprint density at radius 3 is 2.27 bits per heavy atom. The average molecular weight is 319 g/mol. The van der Waals surface area contributed by atoms with Crippen molar-refractivity contribution in [3.05, 3.63) is 64.7 Å². The van der Waals surface area contributed by atoms with Crippen LogP contribution >= 0.6 is 11.6 Å². The maximum Gasteiger partial charge on any atom is 0.357 e. The van der Waals surface area contributed by atoms with Gasteiger partial charge in [-0.1, -0.05) is 53.6 Å². The Balaban J connectivity index is 2.25. The van der Waals surface area contributed by atoms with Crippen LogP contribution in [0.25, 0.3) is 0 Å². The minimum atomic E-state index is -1.13. The van der Waals surface area contributed by atoms with Crippen LogP contribution in [0.5, 0.6) is 5.75 Å². The summed E-state index contributed by atoms with van der Waals surface area (Å²) in [5.74, 6) is -1.05. The van der Waals surface area contributed by atoms with Crippen LogP contribution in [0.3, 0.4) is 0 Å². The molecule has 0 aliphatic heterocycles. The Labute approximate surface area is 133 Å². The number of para-hydroxylation sites is 1. The Morgan fingerprint density at radius 2 is 1.68 bits per heavy atom. The van der Waals surface area contributed by atoms with Crippen LogP contribution in [0.2, 0.25) is 5.02 Å². The third-order valence-corrected chi connectivity index (χ3v) is 3.24. The number of carbonyl (C=O) groups excluding carboxylic acids is 2. The molecule has 2 aromatic rings. The van der Waals surface area contributed by atoms with Gasteiger partial charge < -0.3 is 9.47 Å². The van der Waals surface area contributed by atoms with Crippen molar-refractivity contribution < 1.29 is 19.1 Å². The summed E-state index contributed by atoms with van der Waals surface area (Å²) in [5, 5.41) is 0.307. The predicted molar refractivity (Wildman–Crippen MR) is 82.8 cm³/mol. The van der Waals surface area contributed by atoms with Gasteiger partial charge in [-0.3, -0.25) is 4.79 Å². The number of benzene rings is 2. The molecular formula is C17H15ClO4. The molecule has 5 heteroatoms. The van der Waals surface area contributed by atoms with Crippen molar-refractivity contribution in [3.8, 4) is 5.75 Å². The van der Waals surface area contributed by atoms with Gasteiger partial charge in [0.15, 0.2) is 0 Å². The standard InChI is InChI=1S/C17H15ClO4/c1-11-7-9-13(10-8-11)16(21-12(2)19)17(20)22-15-6-4-3-5-14(15)18/h3-10,16H,1-2H3. The number of ether oxygens (including phenoxy) is 2. The van der Waals surface area contributed by atoms with Gasteiger partial charge in [0.1, 0.15) is 5.75 Å². The Kier molecular flexibility index (Phi) is 5.17. The Hall–Kier alpha value is -2.33. The molecule has 1 atom stereocenters. The Bertz CT molecular complexity index is 679. The fourth-order valence-corrected chi connectivity index (χ4v) is 2.02. The molecule has 0 aliphatic rings. The quantitative estimate of drug-likeness (QED) is 0.634. The van der Waals surface area contributed by atoms with Gasteiger partial charge in [0.05, 0.1) is 5.02 Å². The largest absolute Gasteiger partial charge is 0.446 e. The van der Waals surface area contributed by atoms with Gasteiger partial charge in [-0.05, 0) is 19.1 Å². The van der Waals surface area contributed by atoms with Gasteiger partial charge >= 0.3 is 11.9 Å². The van der Waals surface area contributed by atoms with Crippen LogP contribution < -0.4 is 4.74 Å². The normalized spacial score (nSPS) is 11.6. The van der Waals surface area contributed by atoms with Gasteiger partial charge in [-0.25, -0.2) is 4.79 Å². The lowest BCUT2D eigenvalue weighted by Crippen LogP contribution is -2.23. The summed E-state index contributed by atoms with van der Waals surface area (Å²) >= 11 is 5.96. The number of hydrogen-bond donors (Lipinski definition) is 0. The zero-order valence-corrected chi connectivity index (χ0v) is 13.0. The molecule has 0 aromatic heterocycles. The summed E-state index contributed by atoms with van der Waals surface area (Å²) in [6, 6.07) is 13.7. The highest BCUT2D eigenvalue weighted by Gasteiger charge is 2.26. The molecule has 2 rings (SSSR count). The van der Waals surface area contributed by atoms with E-state index in [9.17, 15) is 9.59 Å². The third kappa shape index (κ3) is 4.09. The molecule has 0 saturated heterocycles. The molecule has 4 nitrogen and oxygen atoms in total. The van der Waals surface area contributed by atoms with E-state index in [1.165, 1.54) is 6.92 Å². The van der Waals surface area contributed by atoms with Gasteiger partial charge in [-0.15, -0.1) is 0 Å². The SMILES string of the molecule is CC(=O)OC(C(=O)Oc1ccccc1Cl)c1ccc(C)cc1. The van der Waals surface area contributed by atoms with E-state index in [1.54, 1.807) is 36.4 Å². The monoisotopic (exact) mass is 318 g/mol. The Morgan fingerprint density at radius 1 is 1.05 bits per heavy atom. The molecule has 0 heterocycles. The van der Waals surface area contributed by atoms with Crippen molar-refractivity contribution in [1.29, 1.82) is 0 Å². The number of aryl methyl sites for hydroxylation is 1. The van der Waals surface area contributed by atoms with Crippen LogP contribution in [0.1, 0.15) is 24.2 Å². The van der Waals surface area contributed by atoms with Crippen LogP contribution in [0.4, 0.5) is 0 Å². The number of hydrogen-bond acceptors (Lipinski definition) is 4. The van der Waals surface area contributed by atoms with E-state index < -0.39 is 18.0 Å². The number of esters is 2. The van der Waals surface area contributed by atoms with E-state index in [2.05, 4.69) is 0 Å². The van der Waals surface area contributed by atoms with E-state index in [0.717, 1.165) is 5.56 Å². The molecular weight excluding hydrogens is 304 g/mol. The van der Waals surface area contributed by atoms with Crippen LogP contribution in [0, 0.1) is 6.92 Å². The molecule has 0 saturated carbocycles. The van der Waals surface area contributed by atoms with E-state index in [0.29, 0.717) is 10.6 Å². The first-order chi connectivity index (χ1) is 10.5. The fourth-order valence-electron chi connectivity index (χ4n) is 1.85. The summed E-state index contributed by atoms with van der Waals surface area (Å²) in [4.78, 5) is 23.6. The molecule has 0 spiro atoms. The van der Waals surface area contributed by atoms with Crippen LogP contribution in [-0.2, 0) is 14.3 Å². The van der Waals surface area contributed by atoms with Gasteiger partial charge in [-0.2, -0.15) is 0 Å². The third-order valence-electron chi connectivity index (χ3n) is 2.93. The molecule has 2 aromatic carbocycles. The highest BCUT2D eigenvalue weighted by Crippen LogP contribution is 2.27. The summed E-state index contributed by atoms with van der Waals surface area (Å²) < 4.78 is 10.3. The second-order valence-electron chi connectivity index (χ2n) is 4.75. The van der Waals surface area contributed by atoms with Crippen molar-refractivity contribution in [2.45, 2.75) is 20.0 Å². The maximum atomic E-state index is 12.3. The number of carbonyl (C=O) groups is 2. The number of rotatable bonds is 4. The maximum absolute atomic E-state index is 12.3. The summed E-state index contributed by atoms with van der Waals surface area (Å²) in [6.45, 7) is 3.16. The highest BCUT2D eigenvalue weighted by molar-refractivity contribution is 6.32. The van der Waals surface area contributed by atoms with Crippen LogP contribution in [0.15, 0.2) is 48.5 Å². The first-order valence-corrected chi connectivity index (χ1v) is 7.05. The highest BCUT2D eigenvalue weighted by atomic mass is 35.5. The molecule has 0 amide bonds. The van der Waals surface area contributed by atoms with Crippen molar-refractivity contribution in [2.75, 3.05) is 0 Å². The van der Waals surface area contributed by atoms with Gasteiger partial charge in [0.2, 0.25) is 6.10 Å². The molecule has 0 aliphatic carbocycles. The summed E-state index contributed by atoms with van der Waals surface area (Å²) in [5.41, 5.74) is 1.57. The zero-order chi connectivity index (χ0) is 16.1. The lowest BCUT2D eigenvalue weighted by atomic mass is 10.1. The molecule has 114 valence electrons. The second-order valence-corrected chi connectivity index (χ2v) is 5.16. The first kappa shape index (κ1) is 16.0.